The maximum absolute atomic E-state index is 13.4. The fraction of sp³-hybridized carbons (Fsp3) is 0.630. The van der Waals surface area contributed by atoms with Crippen molar-refractivity contribution in [1.29, 1.82) is 0 Å². The Morgan fingerprint density at radius 1 is 0.972 bits per heavy atom. The van der Waals surface area contributed by atoms with Crippen molar-refractivity contribution in [2.24, 2.45) is 0 Å². The van der Waals surface area contributed by atoms with E-state index < -0.39 is 35.5 Å². The summed E-state index contributed by atoms with van der Waals surface area (Å²) < 4.78 is 9.89. The molecule has 0 aliphatic rings. The summed E-state index contributed by atoms with van der Waals surface area (Å²) >= 11 is 0. The number of esters is 1. The molecule has 9 heteroatoms. The number of aryl methyl sites for hydroxylation is 2. The van der Waals surface area contributed by atoms with E-state index >= 15 is 0 Å². The van der Waals surface area contributed by atoms with Crippen LogP contribution in [-0.4, -0.2) is 61.1 Å². The molecule has 0 aliphatic carbocycles. The normalized spacial score (nSPS) is 11.9. The van der Waals surface area contributed by atoms with E-state index in [9.17, 15) is 19.2 Å². The van der Waals surface area contributed by atoms with Crippen LogP contribution in [0.2, 0.25) is 0 Å². The molecule has 36 heavy (non-hydrogen) atoms. The number of rotatable bonds is 13. The van der Waals surface area contributed by atoms with E-state index in [0.29, 0.717) is 18.5 Å². The van der Waals surface area contributed by atoms with E-state index in [1.54, 1.807) is 20.8 Å². The van der Waals surface area contributed by atoms with Gasteiger partial charge in [-0.1, -0.05) is 56.4 Å². The van der Waals surface area contributed by atoms with Gasteiger partial charge in [-0.05, 0) is 52.2 Å². The lowest BCUT2D eigenvalue weighted by Crippen LogP contribution is -2.49. The summed E-state index contributed by atoms with van der Waals surface area (Å²) in [5.74, 6) is -1.51. The zero-order chi connectivity index (χ0) is 27.3. The molecule has 1 atom stereocenters. The first-order chi connectivity index (χ1) is 16.9. The van der Waals surface area contributed by atoms with Gasteiger partial charge in [0.2, 0.25) is 11.8 Å². The lowest BCUT2D eigenvalue weighted by Gasteiger charge is -2.32. The zero-order valence-corrected chi connectivity index (χ0v) is 22.9. The SMILES string of the molecule is CCCCCCCN(C(=O)CNC(=O)OC(C)(C)C)C(C(=O)NCC(=O)OC)c1ccc(C)cc1C. The second kappa shape index (κ2) is 15.1. The standard InChI is InChI=1S/C27H43N3O6/c1-8-9-10-11-12-15-30(22(31)17-29-26(34)36-27(4,5)6)24(25(33)28-18-23(32)35-7)21-14-13-19(2)16-20(21)3/h13-14,16,24H,8-12,15,17-18H2,1-7H3,(H,28,33)(H,29,34). The number of hydrogen-bond donors (Lipinski definition) is 2. The number of carbonyl (C=O) groups excluding carboxylic acids is 4. The molecule has 3 amide bonds. The third-order valence-corrected chi connectivity index (χ3v) is 5.52. The van der Waals surface area contributed by atoms with Gasteiger partial charge >= 0.3 is 12.1 Å². The Bertz CT molecular complexity index is 894. The quantitative estimate of drug-likeness (QED) is 0.310. The van der Waals surface area contributed by atoms with Gasteiger partial charge < -0.3 is 25.0 Å². The maximum Gasteiger partial charge on any atom is 0.408 e. The van der Waals surface area contributed by atoms with Crippen molar-refractivity contribution in [3.05, 3.63) is 34.9 Å². The number of unbranched alkanes of at least 4 members (excludes halogenated alkanes) is 4. The largest absolute Gasteiger partial charge is 0.468 e. The monoisotopic (exact) mass is 505 g/mol. The summed E-state index contributed by atoms with van der Waals surface area (Å²) in [6, 6.07) is 4.67. The molecule has 0 saturated heterocycles. The number of benzene rings is 1. The van der Waals surface area contributed by atoms with Gasteiger partial charge in [-0.2, -0.15) is 0 Å². The molecule has 1 aromatic carbocycles. The number of carbonyl (C=O) groups is 4. The summed E-state index contributed by atoms with van der Waals surface area (Å²) in [5.41, 5.74) is 1.81. The lowest BCUT2D eigenvalue weighted by molar-refractivity contribution is -0.143. The van der Waals surface area contributed by atoms with Gasteiger partial charge in [-0.25, -0.2) is 4.79 Å². The molecule has 0 fully saturated rings. The van der Waals surface area contributed by atoms with Crippen LogP contribution in [-0.2, 0) is 23.9 Å². The van der Waals surface area contributed by atoms with Gasteiger partial charge in [0, 0.05) is 6.54 Å². The van der Waals surface area contributed by atoms with Crippen molar-refractivity contribution in [1.82, 2.24) is 15.5 Å². The predicted molar refractivity (Wildman–Crippen MR) is 138 cm³/mol. The van der Waals surface area contributed by atoms with Crippen molar-refractivity contribution < 1.29 is 28.7 Å². The molecule has 2 N–H and O–H groups in total. The number of alkyl carbamates (subject to hydrolysis) is 1. The molecule has 0 radical (unpaired) electrons. The fourth-order valence-electron chi connectivity index (χ4n) is 3.76. The highest BCUT2D eigenvalue weighted by atomic mass is 16.6. The van der Waals surface area contributed by atoms with Gasteiger partial charge in [0.15, 0.2) is 0 Å². The average molecular weight is 506 g/mol. The van der Waals surface area contributed by atoms with Crippen LogP contribution in [0.25, 0.3) is 0 Å². The Balaban J connectivity index is 3.25. The van der Waals surface area contributed by atoms with Crippen LogP contribution >= 0.6 is 0 Å². The van der Waals surface area contributed by atoms with Crippen molar-refractivity contribution in [3.63, 3.8) is 0 Å². The first-order valence-corrected chi connectivity index (χ1v) is 12.6. The Labute approximate surface area is 215 Å². The van der Waals surface area contributed by atoms with E-state index in [2.05, 4.69) is 22.3 Å². The minimum Gasteiger partial charge on any atom is -0.468 e. The molecule has 0 saturated carbocycles. The highest BCUT2D eigenvalue weighted by Crippen LogP contribution is 2.26. The molecule has 1 unspecified atom stereocenters. The molecule has 0 aromatic heterocycles. The molecule has 0 heterocycles. The van der Waals surface area contributed by atoms with Crippen molar-refractivity contribution in [3.8, 4) is 0 Å². The molecular weight excluding hydrogens is 462 g/mol. The van der Waals surface area contributed by atoms with Crippen molar-refractivity contribution in [2.75, 3.05) is 26.7 Å². The summed E-state index contributed by atoms with van der Waals surface area (Å²) in [5, 5.41) is 5.10. The third kappa shape index (κ3) is 11.1. The van der Waals surface area contributed by atoms with E-state index in [1.807, 2.05) is 32.0 Å². The van der Waals surface area contributed by atoms with Crippen LogP contribution in [0.15, 0.2) is 18.2 Å². The van der Waals surface area contributed by atoms with Gasteiger partial charge in [0.25, 0.3) is 0 Å². The number of hydrogen-bond acceptors (Lipinski definition) is 6. The number of amides is 3. The number of nitrogens with zero attached hydrogens (tertiary/aromatic N) is 1. The van der Waals surface area contributed by atoms with Crippen LogP contribution < -0.4 is 10.6 Å². The number of ether oxygens (including phenoxy) is 2. The second-order valence-electron chi connectivity index (χ2n) is 9.91. The number of nitrogens with one attached hydrogen (secondary N) is 2. The zero-order valence-electron chi connectivity index (χ0n) is 22.9. The Kier molecular flexibility index (Phi) is 13.0. The average Bonchev–Trinajstić information content (AvgIpc) is 2.79. The molecule has 1 rings (SSSR count). The van der Waals surface area contributed by atoms with Gasteiger partial charge in [-0.3, -0.25) is 14.4 Å². The predicted octanol–water partition coefficient (Wildman–Crippen LogP) is 3.96. The van der Waals surface area contributed by atoms with Crippen molar-refractivity contribution >= 4 is 23.9 Å². The van der Waals surface area contributed by atoms with Crippen LogP contribution in [0, 0.1) is 13.8 Å². The van der Waals surface area contributed by atoms with Crippen LogP contribution in [0.1, 0.15) is 82.5 Å². The fourth-order valence-corrected chi connectivity index (χ4v) is 3.76. The molecule has 1 aromatic rings. The Hall–Kier alpha value is -3.10. The van der Waals surface area contributed by atoms with Gasteiger partial charge in [0.1, 0.15) is 24.7 Å². The molecule has 202 valence electrons. The molecule has 0 spiro atoms. The number of methoxy groups -OCH3 is 1. The molecular formula is C27H43N3O6. The minimum atomic E-state index is -0.977. The summed E-state index contributed by atoms with van der Waals surface area (Å²) in [6.45, 7) is 10.8. The smallest absolute Gasteiger partial charge is 0.408 e. The van der Waals surface area contributed by atoms with Crippen LogP contribution in [0.4, 0.5) is 4.79 Å². The van der Waals surface area contributed by atoms with Crippen LogP contribution in [0.3, 0.4) is 0 Å². The topological polar surface area (TPSA) is 114 Å². The molecule has 0 bridgehead atoms. The highest BCUT2D eigenvalue weighted by Gasteiger charge is 2.32. The van der Waals surface area contributed by atoms with E-state index in [4.69, 9.17) is 4.74 Å². The third-order valence-electron chi connectivity index (χ3n) is 5.52. The highest BCUT2D eigenvalue weighted by molar-refractivity contribution is 5.92. The van der Waals surface area contributed by atoms with E-state index in [1.165, 1.54) is 12.0 Å². The van der Waals surface area contributed by atoms with E-state index in [0.717, 1.165) is 36.8 Å². The Morgan fingerprint density at radius 2 is 1.64 bits per heavy atom. The second-order valence-corrected chi connectivity index (χ2v) is 9.91. The molecule has 9 nitrogen and oxygen atoms in total. The maximum atomic E-state index is 13.4. The summed E-state index contributed by atoms with van der Waals surface area (Å²) in [7, 11) is 1.24. The van der Waals surface area contributed by atoms with Crippen molar-refractivity contribution in [2.45, 2.75) is 85.3 Å². The first-order valence-electron chi connectivity index (χ1n) is 12.6. The van der Waals surface area contributed by atoms with E-state index in [-0.39, 0.29) is 13.1 Å². The van der Waals surface area contributed by atoms with Gasteiger partial charge in [0.05, 0.1) is 7.11 Å². The minimum absolute atomic E-state index is 0.314. The van der Waals surface area contributed by atoms with Crippen LogP contribution in [0.5, 0.6) is 0 Å². The summed E-state index contributed by atoms with van der Waals surface area (Å²) in [6.07, 6.45) is 4.09. The summed E-state index contributed by atoms with van der Waals surface area (Å²) in [4.78, 5) is 52.1. The van der Waals surface area contributed by atoms with Gasteiger partial charge in [-0.15, -0.1) is 0 Å². The first kappa shape index (κ1) is 30.9. The Morgan fingerprint density at radius 3 is 2.22 bits per heavy atom. The molecule has 0 aliphatic heterocycles. The lowest BCUT2D eigenvalue weighted by atomic mass is 9.96.